The lowest BCUT2D eigenvalue weighted by molar-refractivity contribution is 0.102. The highest BCUT2D eigenvalue weighted by Gasteiger charge is 2.19. The van der Waals surface area contributed by atoms with Crippen molar-refractivity contribution in [2.24, 2.45) is 0 Å². The second-order valence-electron chi connectivity index (χ2n) is 6.83. The van der Waals surface area contributed by atoms with Crippen LogP contribution in [0.5, 0.6) is 0 Å². The van der Waals surface area contributed by atoms with E-state index in [4.69, 9.17) is 0 Å². The Morgan fingerprint density at radius 3 is 2.64 bits per heavy atom. The van der Waals surface area contributed by atoms with E-state index in [9.17, 15) is 4.79 Å². The van der Waals surface area contributed by atoms with Gasteiger partial charge in [0.1, 0.15) is 4.88 Å². The van der Waals surface area contributed by atoms with Crippen LogP contribution >= 0.6 is 11.3 Å². The fourth-order valence-electron chi connectivity index (χ4n) is 3.32. The highest BCUT2D eigenvalue weighted by atomic mass is 32.1. The summed E-state index contributed by atoms with van der Waals surface area (Å²) in [5.41, 5.74) is 2.72. The van der Waals surface area contributed by atoms with E-state index < -0.39 is 0 Å². The number of nitrogens with one attached hydrogen (secondary N) is 1. The minimum Gasteiger partial charge on any atom is -0.309 e. The zero-order valence-electron chi connectivity index (χ0n) is 17.2. The fraction of sp³-hybridized carbons (Fsp3) is 0.476. The molecule has 0 unspecified atom stereocenters. The van der Waals surface area contributed by atoms with Gasteiger partial charge in [-0.2, -0.15) is 0 Å². The molecule has 0 aliphatic carbocycles. The molecule has 1 aromatic carbocycles. The van der Waals surface area contributed by atoms with Crippen LogP contribution in [-0.4, -0.2) is 45.0 Å². The molecular weight excluding hydrogens is 370 g/mol. The number of hydrogen-bond donors (Lipinski definition) is 1. The van der Waals surface area contributed by atoms with Gasteiger partial charge in [0.2, 0.25) is 5.95 Å². The lowest BCUT2D eigenvalue weighted by Crippen LogP contribution is -2.27. The zero-order valence-corrected chi connectivity index (χ0v) is 18.0. The molecular formula is C21H29N5OS. The predicted molar refractivity (Wildman–Crippen MR) is 116 cm³/mol. The average Bonchev–Trinajstić information content (AvgIpc) is 3.23. The maximum absolute atomic E-state index is 12.9. The molecule has 7 heteroatoms. The van der Waals surface area contributed by atoms with Crippen molar-refractivity contribution in [2.45, 2.75) is 47.1 Å². The Labute approximate surface area is 170 Å². The molecule has 28 heavy (non-hydrogen) atoms. The summed E-state index contributed by atoms with van der Waals surface area (Å²) in [6.07, 6.45) is 1.93. The van der Waals surface area contributed by atoms with E-state index in [1.165, 1.54) is 11.3 Å². The van der Waals surface area contributed by atoms with Crippen LogP contribution in [0, 0.1) is 6.92 Å². The number of para-hydroxylation sites is 2. The summed E-state index contributed by atoms with van der Waals surface area (Å²) < 4.78 is 2.11. The van der Waals surface area contributed by atoms with Gasteiger partial charge in [-0.05, 0) is 45.0 Å². The first-order valence-electron chi connectivity index (χ1n) is 10.0. The Morgan fingerprint density at radius 2 is 1.93 bits per heavy atom. The first-order valence-corrected chi connectivity index (χ1v) is 10.8. The first kappa shape index (κ1) is 20.5. The number of likely N-dealkylation sites (N-methyl/N-ethyl adjacent to an activating group) is 1. The number of aromatic nitrogens is 3. The molecule has 0 saturated heterocycles. The van der Waals surface area contributed by atoms with Crippen molar-refractivity contribution in [3.63, 3.8) is 0 Å². The number of fused-ring (bicyclic) bond motifs is 1. The van der Waals surface area contributed by atoms with Gasteiger partial charge in [-0.15, -0.1) is 11.3 Å². The van der Waals surface area contributed by atoms with E-state index in [0.29, 0.717) is 10.8 Å². The fourth-order valence-corrected chi connectivity index (χ4v) is 4.38. The summed E-state index contributed by atoms with van der Waals surface area (Å²) in [6, 6.07) is 8.02. The van der Waals surface area contributed by atoms with Gasteiger partial charge in [0.15, 0.2) is 0 Å². The average molecular weight is 400 g/mol. The number of carbonyl (C=O) groups is 1. The van der Waals surface area contributed by atoms with E-state index >= 15 is 0 Å². The number of carbonyl (C=O) groups excluding carboxylic acids is 1. The van der Waals surface area contributed by atoms with Crippen molar-refractivity contribution in [3.05, 3.63) is 39.8 Å². The van der Waals surface area contributed by atoms with Crippen LogP contribution in [0.15, 0.2) is 24.3 Å². The molecule has 3 rings (SSSR count). The smallest absolute Gasteiger partial charge is 0.269 e. The van der Waals surface area contributed by atoms with Crippen molar-refractivity contribution >= 4 is 34.2 Å². The normalized spacial score (nSPS) is 11.5. The molecule has 0 spiro atoms. The quantitative estimate of drug-likeness (QED) is 0.581. The number of anilines is 1. The molecule has 1 N–H and O–H groups in total. The number of thiazole rings is 1. The third-order valence-corrected chi connectivity index (χ3v) is 6.14. The van der Waals surface area contributed by atoms with Gasteiger partial charge >= 0.3 is 0 Å². The number of nitrogens with zero attached hydrogens (tertiary/aromatic N) is 4. The van der Waals surface area contributed by atoms with Gasteiger partial charge < -0.3 is 9.47 Å². The molecule has 0 radical (unpaired) electrons. The summed E-state index contributed by atoms with van der Waals surface area (Å²) in [5.74, 6) is 0.472. The highest BCUT2D eigenvalue weighted by Crippen LogP contribution is 2.23. The summed E-state index contributed by atoms with van der Waals surface area (Å²) in [4.78, 5) is 25.2. The minimum atomic E-state index is -0.128. The Kier molecular flexibility index (Phi) is 6.80. The standard InChI is InChI=1S/C21H29N5OS/c1-5-10-18-22-15(4)19(28-18)20(27)24-21-23-16-11-8-9-12-17(16)26(21)14-13-25(6-2)7-3/h8-9,11-12H,5-7,10,13-14H2,1-4H3,(H,23,24,27). The Balaban J connectivity index is 1.87. The van der Waals surface area contributed by atoms with Gasteiger partial charge in [0, 0.05) is 13.1 Å². The number of benzene rings is 1. The largest absolute Gasteiger partial charge is 0.309 e. The Hall–Kier alpha value is -2.25. The number of rotatable bonds is 9. The molecule has 0 atom stereocenters. The lowest BCUT2D eigenvalue weighted by atomic mass is 10.3. The van der Waals surface area contributed by atoms with E-state index in [1.807, 2.05) is 25.1 Å². The van der Waals surface area contributed by atoms with Crippen LogP contribution in [-0.2, 0) is 13.0 Å². The van der Waals surface area contributed by atoms with Crippen LogP contribution in [0.4, 0.5) is 5.95 Å². The van der Waals surface area contributed by atoms with E-state index in [-0.39, 0.29) is 5.91 Å². The maximum atomic E-state index is 12.9. The zero-order chi connectivity index (χ0) is 20.1. The third kappa shape index (κ3) is 4.42. The summed E-state index contributed by atoms with van der Waals surface area (Å²) in [5, 5.41) is 4.05. The van der Waals surface area contributed by atoms with Gasteiger partial charge in [-0.25, -0.2) is 9.97 Å². The number of amides is 1. The van der Waals surface area contributed by atoms with Gasteiger partial charge in [-0.1, -0.05) is 32.9 Å². The Bertz CT molecular complexity index is 942. The number of imidazole rings is 1. The molecule has 1 amide bonds. The van der Waals surface area contributed by atoms with Crippen LogP contribution in [0.25, 0.3) is 11.0 Å². The van der Waals surface area contributed by atoms with Crippen molar-refractivity contribution in [1.29, 1.82) is 0 Å². The van der Waals surface area contributed by atoms with Crippen molar-refractivity contribution in [2.75, 3.05) is 25.0 Å². The predicted octanol–water partition coefficient (Wildman–Crippen LogP) is 4.35. The third-order valence-electron chi connectivity index (χ3n) is 4.93. The second kappa shape index (κ2) is 9.30. The Morgan fingerprint density at radius 1 is 1.18 bits per heavy atom. The van der Waals surface area contributed by atoms with Gasteiger partial charge in [0.25, 0.3) is 5.91 Å². The molecule has 0 saturated carbocycles. The summed E-state index contributed by atoms with van der Waals surface area (Å²) in [7, 11) is 0. The van der Waals surface area contributed by atoms with Crippen molar-refractivity contribution < 1.29 is 4.79 Å². The topological polar surface area (TPSA) is 63.1 Å². The molecule has 2 heterocycles. The highest BCUT2D eigenvalue weighted by molar-refractivity contribution is 7.13. The van der Waals surface area contributed by atoms with E-state index in [1.54, 1.807) is 0 Å². The monoisotopic (exact) mass is 399 g/mol. The van der Waals surface area contributed by atoms with Crippen molar-refractivity contribution in [3.8, 4) is 0 Å². The molecule has 2 aromatic heterocycles. The summed E-state index contributed by atoms with van der Waals surface area (Å²) >= 11 is 1.48. The van der Waals surface area contributed by atoms with Crippen LogP contribution in [0.3, 0.4) is 0 Å². The second-order valence-corrected chi connectivity index (χ2v) is 7.91. The maximum Gasteiger partial charge on any atom is 0.269 e. The number of hydrogen-bond acceptors (Lipinski definition) is 5. The minimum absolute atomic E-state index is 0.128. The van der Waals surface area contributed by atoms with E-state index in [2.05, 4.69) is 51.6 Å². The molecule has 0 fully saturated rings. The summed E-state index contributed by atoms with van der Waals surface area (Å²) in [6.45, 7) is 12.0. The molecule has 6 nitrogen and oxygen atoms in total. The molecule has 0 bridgehead atoms. The van der Waals surface area contributed by atoms with E-state index in [0.717, 1.165) is 60.8 Å². The molecule has 0 aliphatic rings. The molecule has 0 aliphatic heterocycles. The number of aryl methyl sites for hydroxylation is 2. The lowest BCUT2D eigenvalue weighted by Gasteiger charge is -2.19. The molecule has 150 valence electrons. The van der Waals surface area contributed by atoms with Gasteiger partial charge in [0.05, 0.1) is 21.7 Å². The van der Waals surface area contributed by atoms with Crippen LogP contribution in [0.2, 0.25) is 0 Å². The first-order chi connectivity index (χ1) is 13.6. The SMILES string of the molecule is CCCc1nc(C)c(C(=O)Nc2nc3ccccc3n2CCN(CC)CC)s1. The van der Waals surface area contributed by atoms with Gasteiger partial charge in [-0.3, -0.25) is 10.1 Å². The van der Waals surface area contributed by atoms with Crippen molar-refractivity contribution in [1.82, 2.24) is 19.4 Å². The van der Waals surface area contributed by atoms with Crippen LogP contribution in [0.1, 0.15) is 47.6 Å². The van der Waals surface area contributed by atoms with Crippen LogP contribution < -0.4 is 5.32 Å². The molecule has 3 aromatic rings.